The smallest absolute Gasteiger partial charge is 0.254 e. The highest BCUT2D eigenvalue weighted by molar-refractivity contribution is 5.94. The fourth-order valence-electron chi connectivity index (χ4n) is 3.66. The Hall–Kier alpha value is -2.77. The van der Waals surface area contributed by atoms with Crippen molar-refractivity contribution in [1.82, 2.24) is 20.1 Å². The van der Waals surface area contributed by atoms with Crippen molar-refractivity contribution in [2.45, 2.75) is 32.9 Å². The minimum atomic E-state index is -0.00168. The zero-order chi connectivity index (χ0) is 21.9. The van der Waals surface area contributed by atoms with Crippen LogP contribution in [0.15, 0.2) is 48.8 Å². The molecule has 1 fully saturated rings. The van der Waals surface area contributed by atoms with E-state index in [2.05, 4.69) is 22.1 Å². The summed E-state index contributed by atoms with van der Waals surface area (Å²) in [5, 5.41) is 3.03. The summed E-state index contributed by atoms with van der Waals surface area (Å²) in [5.74, 6) is 0.0220. The number of nitrogens with zero attached hydrogens (tertiary/aromatic N) is 3. The summed E-state index contributed by atoms with van der Waals surface area (Å²) in [5.41, 5.74) is 2.84. The van der Waals surface area contributed by atoms with Crippen LogP contribution in [-0.4, -0.2) is 65.9 Å². The number of carbonyl (C=O) groups excluding carboxylic acids is 2. The van der Waals surface area contributed by atoms with E-state index in [0.717, 1.165) is 37.1 Å². The largest absolute Gasteiger partial charge is 0.377 e. The molecule has 3 rings (SSSR count). The van der Waals surface area contributed by atoms with Gasteiger partial charge >= 0.3 is 0 Å². The van der Waals surface area contributed by atoms with Crippen molar-refractivity contribution >= 4 is 11.8 Å². The van der Waals surface area contributed by atoms with E-state index in [-0.39, 0.29) is 11.8 Å². The maximum absolute atomic E-state index is 12.7. The van der Waals surface area contributed by atoms with Crippen molar-refractivity contribution in [3.05, 3.63) is 65.5 Å². The van der Waals surface area contributed by atoms with Gasteiger partial charge in [-0.25, -0.2) is 0 Å². The number of benzene rings is 1. The molecule has 1 saturated heterocycles. The van der Waals surface area contributed by atoms with Crippen molar-refractivity contribution in [3.63, 3.8) is 0 Å². The minimum Gasteiger partial charge on any atom is -0.377 e. The van der Waals surface area contributed by atoms with Gasteiger partial charge < -0.3 is 15.0 Å². The number of hydrogen-bond donors (Lipinski definition) is 1. The van der Waals surface area contributed by atoms with Gasteiger partial charge in [0.25, 0.3) is 5.91 Å². The van der Waals surface area contributed by atoms with Gasteiger partial charge in [-0.3, -0.25) is 19.5 Å². The molecule has 2 heterocycles. The van der Waals surface area contributed by atoms with Crippen LogP contribution in [0.3, 0.4) is 0 Å². The van der Waals surface area contributed by atoms with E-state index in [1.807, 2.05) is 29.2 Å². The van der Waals surface area contributed by atoms with Crippen molar-refractivity contribution in [2.24, 2.45) is 0 Å². The van der Waals surface area contributed by atoms with Crippen LogP contribution in [0.2, 0.25) is 0 Å². The average molecular weight is 425 g/mol. The fourth-order valence-corrected chi connectivity index (χ4v) is 3.66. The van der Waals surface area contributed by atoms with Gasteiger partial charge in [0.1, 0.15) is 0 Å². The Morgan fingerprint density at radius 1 is 1.03 bits per heavy atom. The van der Waals surface area contributed by atoms with Gasteiger partial charge in [0.2, 0.25) is 5.91 Å². The highest BCUT2D eigenvalue weighted by Crippen LogP contribution is 2.11. The Morgan fingerprint density at radius 3 is 2.58 bits per heavy atom. The van der Waals surface area contributed by atoms with E-state index >= 15 is 0 Å². The lowest BCUT2D eigenvalue weighted by molar-refractivity contribution is -0.122. The third-order valence-corrected chi connectivity index (χ3v) is 5.37. The van der Waals surface area contributed by atoms with Crippen LogP contribution in [0.5, 0.6) is 0 Å². The zero-order valence-corrected chi connectivity index (χ0v) is 18.3. The van der Waals surface area contributed by atoms with Gasteiger partial charge in [-0.05, 0) is 36.1 Å². The molecule has 31 heavy (non-hydrogen) atoms. The monoisotopic (exact) mass is 424 g/mol. The number of ether oxygens (including phenoxy) is 1. The van der Waals surface area contributed by atoms with Crippen LogP contribution in [-0.2, 0) is 22.7 Å². The van der Waals surface area contributed by atoms with Gasteiger partial charge in [0, 0.05) is 57.3 Å². The molecule has 7 heteroatoms. The van der Waals surface area contributed by atoms with Gasteiger partial charge in [0.05, 0.1) is 13.2 Å². The Bertz CT molecular complexity index is 844. The topological polar surface area (TPSA) is 74.8 Å². The predicted molar refractivity (Wildman–Crippen MR) is 119 cm³/mol. The maximum Gasteiger partial charge on any atom is 0.254 e. The normalized spacial score (nSPS) is 14.8. The Labute approximate surface area is 184 Å². The zero-order valence-electron chi connectivity index (χ0n) is 18.3. The van der Waals surface area contributed by atoms with Crippen molar-refractivity contribution in [2.75, 3.05) is 39.3 Å². The lowest BCUT2D eigenvalue weighted by atomic mass is 10.1. The second-order valence-electron chi connectivity index (χ2n) is 7.76. The van der Waals surface area contributed by atoms with E-state index < -0.39 is 0 Å². The summed E-state index contributed by atoms with van der Waals surface area (Å²) in [7, 11) is 0. The molecule has 2 amide bonds. The first kappa shape index (κ1) is 22.9. The average Bonchev–Trinajstić information content (AvgIpc) is 3.04. The molecular weight excluding hydrogens is 392 g/mol. The molecule has 0 saturated carbocycles. The van der Waals surface area contributed by atoms with E-state index in [0.29, 0.717) is 44.9 Å². The summed E-state index contributed by atoms with van der Waals surface area (Å²) in [6.07, 6.45) is 5.10. The third-order valence-electron chi connectivity index (χ3n) is 5.37. The lowest BCUT2D eigenvalue weighted by Crippen LogP contribution is -2.40. The molecule has 0 radical (unpaired) electrons. The van der Waals surface area contributed by atoms with Crippen molar-refractivity contribution in [1.29, 1.82) is 0 Å². The molecular formula is C24H32N4O3. The molecule has 166 valence electrons. The van der Waals surface area contributed by atoms with Gasteiger partial charge in [-0.2, -0.15) is 0 Å². The molecule has 0 spiro atoms. The van der Waals surface area contributed by atoms with E-state index in [9.17, 15) is 9.59 Å². The van der Waals surface area contributed by atoms with Gasteiger partial charge in [-0.15, -0.1) is 0 Å². The summed E-state index contributed by atoms with van der Waals surface area (Å²) in [6, 6.07) is 11.5. The van der Waals surface area contributed by atoms with Crippen LogP contribution in [0.25, 0.3) is 0 Å². The fraction of sp³-hybridized carbons (Fsp3) is 0.458. The number of rotatable bonds is 9. The highest BCUT2D eigenvalue weighted by atomic mass is 16.5. The van der Waals surface area contributed by atoms with Crippen LogP contribution in [0, 0.1) is 0 Å². The van der Waals surface area contributed by atoms with Gasteiger partial charge in [0.15, 0.2) is 0 Å². The lowest BCUT2D eigenvalue weighted by Gasteiger charge is -2.22. The summed E-state index contributed by atoms with van der Waals surface area (Å²) >= 11 is 0. The Balaban J connectivity index is 1.46. The Morgan fingerprint density at radius 2 is 1.81 bits per heavy atom. The second kappa shape index (κ2) is 12.2. The number of nitrogens with one attached hydrogen (secondary N) is 1. The van der Waals surface area contributed by atoms with Crippen molar-refractivity contribution < 1.29 is 14.3 Å². The SMILES string of the molecule is CCCOCc1ccccc1CNC(=O)CN1CCCN(C(=O)c2ccncc2)CC1. The number of amides is 2. The van der Waals surface area contributed by atoms with Crippen molar-refractivity contribution in [3.8, 4) is 0 Å². The molecule has 1 aromatic heterocycles. The summed E-state index contributed by atoms with van der Waals surface area (Å²) < 4.78 is 5.66. The van der Waals surface area contributed by atoms with E-state index in [1.165, 1.54) is 0 Å². The Kier molecular flexibility index (Phi) is 8.99. The maximum atomic E-state index is 12.7. The molecule has 1 N–H and O–H groups in total. The first-order valence-corrected chi connectivity index (χ1v) is 11.0. The molecule has 1 aliphatic rings. The van der Waals surface area contributed by atoms with Crippen LogP contribution < -0.4 is 5.32 Å². The molecule has 0 atom stereocenters. The standard InChI is InChI=1S/C24H32N4O3/c1-2-16-31-19-22-7-4-3-6-21(22)17-26-23(29)18-27-12-5-13-28(15-14-27)24(30)20-8-10-25-11-9-20/h3-4,6-11H,2,5,12-19H2,1H3,(H,26,29). The first-order valence-electron chi connectivity index (χ1n) is 11.0. The quantitative estimate of drug-likeness (QED) is 0.626. The molecule has 1 aliphatic heterocycles. The molecule has 0 aliphatic carbocycles. The summed E-state index contributed by atoms with van der Waals surface area (Å²) in [4.78, 5) is 33.1. The number of aromatic nitrogens is 1. The number of pyridine rings is 1. The number of carbonyl (C=O) groups is 2. The molecule has 1 aromatic carbocycles. The minimum absolute atomic E-state index is 0.00168. The van der Waals surface area contributed by atoms with E-state index in [1.54, 1.807) is 24.5 Å². The second-order valence-corrected chi connectivity index (χ2v) is 7.76. The van der Waals surface area contributed by atoms with Crippen LogP contribution >= 0.6 is 0 Å². The molecule has 2 aromatic rings. The summed E-state index contributed by atoms with van der Waals surface area (Å²) in [6.45, 7) is 7.01. The predicted octanol–water partition coefficient (Wildman–Crippen LogP) is 2.47. The van der Waals surface area contributed by atoms with Crippen LogP contribution in [0.4, 0.5) is 0 Å². The third kappa shape index (κ3) is 7.15. The van der Waals surface area contributed by atoms with Crippen LogP contribution in [0.1, 0.15) is 41.3 Å². The molecule has 0 bridgehead atoms. The van der Waals surface area contributed by atoms with E-state index in [4.69, 9.17) is 4.74 Å². The highest BCUT2D eigenvalue weighted by Gasteiger charge is 2.21. The first-order chi connectivity index (χ1) is 15.2. The number of hydrogen-bond acceptors (Lipinski definition) is 5. The van der Waals surface area contributed by atoms with Gasteiger partial charge in [-0.1, -0.05) is 31.2 Å². The molecule has 7 nitrogen and oxygen atoms in total. The molecule has 0 unspecified atom stereocenters.